The molecule has 0 bridgehead atoms. The summed E-state index contributed by atoms with van der Waals surface area (Å²) in [4.78, 5) is 32.9. The van der Waals surface area contributed by atoms with E-state index in [4.69, 9.17) is 4.74 Å². The molecule has 27 heavy (non-hydrogen) atoms. The molecule has 142 valence electrons. The summed E-state index contributed by atoms with van der Waals surface area (Å²) >= 11 is 0. The van der Waals surface area contributed by atoms with E-state index in [1.54, 1.807) is 18.3 Å². The number of methoxy groups -OCH3 is 1. The van der Waals surface area contributed by atoms with Crippen LogP contribution in [0.15, 0.2) is 36.9 Å². The Morgan fingerprint density at radius 2 is 1.93 bits per heavy atom. The molecule has 1 aromatic heterocycles. The van der Waals surface area contributed by atoms with Crippen molar-refractivity contribution in [2.75, 3.05) is 31.6 Å². The van der Waals surface area contributed by atoms with Crippen LogP contribution in [0.1, 0.15) is 25.3 Å². The molecule has 4 rings (SSSR count). The molecule has 1 aromatic carbocycles. The van der Waals surface area contributed by atoms with Gasteiger partial charge in [-0.05, 0) is 37.1 Å². The summed E-state index contributed by atoms with van der Waals surface area (Å²) in [5, 5.41) is 4.19. The fourth-order valence-corrected chi connectivity index (χ4v) is 3.90. The van der Waals surface area contributed by atoms with Gasteiger partial charge in [-0.3, -0.25) is 9.59 Å². The molecular weight excluding hydrogens is 346 g/mol. The molecular formula is C19H23N5O3. The highest BCUT2D eigenvalue weighted by Gasteiger charge is 2.38. The van der Waals surface area contributed by atoms with Crippen LogP contribution in [-0.2, 0) is 9.59 Å². The van der Waals surface area contributed by atoms with Crippen molar-refractivity contribution in [1.82, 2.24) is 19.7 Å². The Morgan fingerprint density at radius 3 is 2.56 bits per heavy atom. The maximum atomic E-state index is 12.9. The molecule has 1 atom stereocenters. The largest absolute Gasteiger partial charge is 0.497 e. The van der Waals surface area contributed by atoms with Crippen LogP contribution >= 0.6 is 0 Å². The van der Waals surface area contributed by atoms with Crippen molar-refractivity contribution in [2.24, 2.45) is 5.92 Å². The van der Waals surface area contributed by atoms with Crippen molar-refractivity contribution in [3.8, 4) is 5.75 Å². The highest BCUT2D eigenvalue weighted by atomic mass is 16.5. The molecule has 3 heterocycles. The lowest BCUT2D eigenvalue weighted by Crippen LogP contribution is -2.43. The number of amides is 2. The number of benzene rings is 1. The van der Waals surface area contributed by atoms with Crippen LogP contribution in [0.5, 0.6) is 5.75 Å². The Balaban J connectivity index is 1.36. The van der Waals surface area contributed by atoms with Crippen molar-refractivity contribution >= 4 is 17.5 Å². The molecule has 2 aliphatic heterocycles. The number of carbonyl (C=O) groups is 2. The van der Waals surface area contributed by atoms with E-state index in [9.17, 15) is 9.59 Å². The molecule has 2 aliphatic rings. The van der Waals surface area contributed by atoms with Crippen LogP contribution in [0, 0.1) is 5.92 Å². The molecule has 0 aliphatic carbocycles. The fraction of sp³-hybridized carbons (Fsp3) is 0.474. The zero-order chi connectivity index (χ0) is 18.8. The number of hydrogen-bond donors (Lipinski definition) is 0. The molecule has 2 amide bonds. The molecule has 0 saturated carbocycles. The summed E-state index contributed by atoms with van der Waals surface area (Å²) < 4.78 is 7.03. The lowest BCUT2D eigenvalue weighted by Gasteiger charge is -2.33. The topological polar surface area (TPSA) is 80.6 Å². The van der Waals surface area contributed by atoms with Gasteiger partial charge in [-0.25, -0.2) is 9.67 Å². The zero-order valence-corrected chi connectivity index (χ0v) is 15.3. The molecule has 1 unspecified atom stereocenters. The Bertz CT molecular complexity index is 797. The number of aromatic nitrogens is 3. The third-order valence-electron chi connectivity index (χ3n) is 5.45. The van der Waals surface area contributed by atoms with Gasteiger partial charge < -0.3 is 14.5 Å². The van der Waals surface area contributed by atoms with Gasteiger partial charge in [-0.15, -0.1) is 0 Å². The van der Waals surface area contributed by atoms with Crippen LogP contribution in [0.2, 0.25) is 0 Å². The smallest absolute Gasteiger partial charge is 0.228 e. The van der Waals surface area contributed by atoms with E-state index in [0.29, 0.717) is 19.6 Å². The van der Waals surface area contributed by atoms with Crippen LogP contribution in [0.4, 0.5) is 5.69 Å². The fourth-order valence-electron chi connectivity index (χ4n) is 3.90. The van der Waals surface area contributed by atoms with E-state index in [0.717, 1.165) is 24.3 Å². The van der Waals surface area contributed by atoms with Gasteiger partial charge in [0.05, 0.1) is 19.1 Å². The van der Waals surface area contributed by atoms with Gasteiger partial charge in [0, 0.05) is 31.7 Å². The van der Waals surface area contributed by atoms with Gasteiger partial charge in [0.25, 0.3) is 0 Å². The first kappa shape index (κ1) is 17.5. The summed E-state index contributed by atoms with van der Waals surface area (Å²) in [5.74, 6) is 0.545. The van der Waals surface area contributed by atoms with Crippen molar-refractivity contribution in [2.45, 2.75) is 25.3 Å². The molecule has 2 aromatic rings. The first-order chi connectivity index (χ1) is 13.2. The van der Waals surface area contributed by atoms with E-state index >= 15 is 0 Å². The Hall–Kier alpha value is -2.90. The predicted molar refractivity (Wildman–Crippen MR) is 98.3 cm³/mol. The van der Waals surface area contributed by atoms with Crippen molar-refractivity contribution in [1.29, 1.82) is 0 Å². The van der Waals surface area contributed by atoms with Crippen LogP contribution in [0.25, 0.3) is 0 Å². The molecule has 0 N–H and O–H groups in total. The van der Waals surface area contributed by atoms with Gasteiger partial charge in [0.1, 0.15) is 18.4 Å². The number of carbonyl (C=O) groups excluding carboxylic acids is 2. The average molecular weight is 369 g/mol. The number of likely N-dealkylation sites (tertiary alicyclic amines) is 1. The lowest BCUT2D eigenvalue weighted by atomic mass is 10.0. The SMILES string of the molecule is COc1ccc(N2CC(C(=O)N3CCC(n4cncn4)CC3)CC2=O)cc1. The summed E-state index contributed by atoms with van der Waals surface area (Å²) in [7, 11) is 1.61. The normalized spacial score (nSPS) is 20.9. The van der Waals surface area contributed by atoms with Gasteiger partial charge in [-0.1, -0.05) is 0 Å². The highest BCUT2D eigenvalue weighted by molar-refractivity contribution is 6.00. The second kappa shape index (κ2) is 7.38. The number of nitrogens with zero attached hydrogens (tertiary/aromatic N) is 5. The Morgan fingerprint density at radius 1 is 1.19 bits per heavy atom. The summed E-state index contributed by atoms with van der Waals surface area (Å²) in [6, 6.07) is 7.65. The van der Waals surface area contributed by atoms with Crippen molar-refractivity contribution < 1.29 is 14.3 Å². The van der Waals surface area contributed by atoms with Crippen LogP contribution < -0.4 is 9.64 Å². The Labute approximate surface area is 157 Å². The zero-order valence-electron chi connectivity index (χ0n) is 15.3. The van der Waals surface area contributed by atoms with Gasteiger partial charge in [0.2, 0.25) is 11.8 Å². The molecule has 0 spiro atoms. The van der Waals surface area contributed by atoms with E-state index < -0.39 is 0 Å². The quantitative estimate of drug-likeness (QED) is 0.816. The van der Waals surface area contributed by atoms with Gasteiger partial charge in [-0.2, -0.15) is 5.10 Å². The van der Waals surface area contributed by atoms with Crippen molar-refractivity contribution in [3.63, 3.8) is 0 Å². The van der Waals surface area contributed by atoms with Gasteiger partial charge >= 0.3 is 0 Å². The number of ether oxygens (including phenoxy) is 1. The summed E-state index contributed by atoms with van der Waals surface area (Å²) in [5.41, 5.74) is 0.806. The predicted octanol–water partition coefficient (Wildman–Crippen LogP) is 1.50. The molecule has 2 fully saturated rings. The van der Waals surface area contributed by atoms with E-state index in [1.807, 2.05) is 33.8 Å². The minimum Gasteiger partial charge on any atom is -0.497 e. The minimum atomic E-state index is -0.275. The third kappa shape index (κ3) is 3.51. The van der Waals surface area contributed by atoms with Crippen molar-refractivity contribution in [3.05, 3.63) is 36.9 Å². The van der Waals surface area contributed by atoms with E-state index in [1.165, 1.54) is 6.33 Å². The van der Waals surface area contributed by atoms with E-state index in [-0.39, 0.29) is 30.2 Å². The monoisotopic (exact) mass is 369 g/mol. The minimum absolute atomic E-state index is 0.00369. The first-order valence-electron chi connectivity index (χ1n) is 9.23. The molecule has 8 nitrogen and oxygen atoms in total. The maximum Gasteiger partial charge on any atom is 0.228 e. The molecule has 0 radical (unpaired) electrons. The van der Waals surface area contributed by atoms with Crippen LogP contribution in [-0.4, -0.2) is 58.2 Å². The summed E-state index contributed by atoms with van der Waals surface area (Å²) in [6.45, 7) is 1.82. The number of hydrogen-bond acceptors (Lipinski definition) is 5. The third-order valence-corrected chi connectivity index (χ3v) is 5.45. The average Bonchev–Trinajstić information content (AvgIpc) is 3.38. The summed E-state index contributed by atoms with van der Waals surface area (Å²) in [6.07, 6.45) is 5.25. The number of anilines is 1. The maximum absolute atomic E-state index is 12.9. The second-order valence-corrected chi connectivity index (χ2v) is 7.04. The number of rotatable bonds is 4. The lowest BCUT2D eigenvalue weighted by molar-refractivity contribution is -0.137. The first-order valence-corrected chi connectivity index (χ1v) is 9.23. The van der Waals surface area contributed by atoms with Crippen LogP contribution in [0.3, 0.4) is 0 Å². The Kier molecular flexibility index (Phi) is 4.79. The van der Waals surface area contributed by atoms with Gasteiger partial charge in [0.15, 0.2) is 0 Å². The standard InChI is InChI=1S/C19H23N5O3/c1-27-17-4-2-15(3-5-17)23-11-14(10-18(23)25)19(26)22-8-6-16(7-9-22)24-13-20-12-21-24/h2-5,12-14,16H,6-11H2,1H3. The van der Waals surface area contributed by atoms with E-state index in [2.05, 4.69) is 10.1 Å². The highest BCUT2D eigenvalue weighted by Crippen LogP contribution is 2.29. The number of piperidine rings is 1. The molecule has 8 heteroatoms. The second-order valence-electron chi connectivity index (χ2n) is 7.04. The molecule has 2 saturated heterocycles.